The molecule has 7 heteroatoms. The molecular weight excluding hydrogens is 394 g/mol. The number of piperidine rings is 1. The summed E-state index contributed by atoms with van der Waals surface area (Å²) in [4.78, 5) is 19.2. The maximum Gasteiger partial charge on any atom is 0.319 e. The largest absolute Gasteiger partial charge is 0.347 e. The van der Waals surface area contributed by atoms with Crippen molar-refractivity contribution in [3.05, 3.63) is 71.5 Å². The molecule has 4 rings (SSSR count). The second kappa shape index (κ2) is 9.71. The van der Waals surface area contributed by atoms with Gasteiger partial charge in [-0.15, -0.1) is 0 Å². The zero-order valence-corrected chi connectivity index (χ0v) is 18.0. The molecule has 2 aromatic carbocycles. The van der Waals surface area contributed by atoms with E-state index in [4.69, 9.17) is 4.98 Å². The Morgan fingerprint density at radius 3 is 2.57 bits per heavy atom. The first-order valence-electron chi connectivity index (χ1n) is 10.4. The Morgan fingerprint density at radius 2 is 1.83 bits per heavy atom. The number of rotatable bonds is 6. The Kier molecular flexibility index (Phi) is 6.59. The summed E-state index contributed by atoms with van der Waals surface area (Å²) < 4.78 is 4.53. The van der Waals surface area contributed by atoms with E-state index in [1.165, 1.54) is 22.7 Å². The van der Waals surface area contributed by atoms with Gasteiger partial charge in [-0.25, -0.2) is 9.78 Å². The van der Waals surface area contributed by atoms with Crippen LogP contribution in [0.1, 0.15) is 29.8 Å². The summed E-state index contributed by atoms with van der Waals surface area (Å²) >= 11 is 1.48. The van der Waals surface area contributed by atoms with Crippen molar-refractivity contribution in [2.75, 3.05) is 29.9 Å². The molecule has 6 nitrogen and oxygen atoms in total. The summed E-state index contributed by atoms with van der Waals surface area (Å²) in [6.07, 6.45) is 2.85. The molecule has 30 heavy (non-hydrogen) atoms. The van der Waals surface area contributed by atoms with Crippen LogP contribution in [0.3, 0.4) is 0 Å². The molecular formula is C23H27N5OS. The third-order valence-electron chi connectivity index (χ3n) is 5.41. The summed E-state index contributed by atoms with van der Waals surface area (Å²) in [6.45, 7) is 4.63. The highest BCUT2D eigenvalue weighted by Gasteiger charge is 2.22. The van der Waals surface area contributed by atoms with Crippen LogP contribution in [0.4, 0.5) is 15.6 Å². The van der Waals surface area contributed by atoms with Gasteiger partial charge in [0.05, 0.1) is 0 Å². The average Bonchev–Trinajstić information content (AvgIpc) is 3.23. The number of urea groups is 1. The maximum atomic E-state index is 12.1. The number of carbonyl (C=O) groups excluding carboxylic acids is 1. The molecule has 0 unspecified atom stereocenters. The van der Waals surface area contributed by atoms with E-state index < -0.39 is 0 Å². The molecule has 1 saturated heterocycles. The Labute approximate surface area is 181 Å². The predicted octanol–water partition coefficient (Wildman–Crippen LogP) is 4.48. The van der Waals surface area contributed by atoms with E-state index in [-0.39, 0.29) is 6.03 Å². The van der Waals surface area contributed by atoms with Gasteiger partial charge in [-0.1, -0.05) is 48.0 Å². The van der Waals surface area contributed by atoms with Crippen LogP contribution in [-0.2, 0) is 6.42 Å². The normalized spacial score (nSPS) is 14.5. The van der Waals surface area contributed by atoms with E-state index in [1.54, 1.807) is 0 Å². The van der Waals surface area contributed by atoms with E-state index in [0.29, 0.717) is 12.5 Å². The fraction of sp³-hybridized carbons (Fsp3) is 0.348. The van der Waals surface area contributed by atoms with Gasteiger partial charge in [0.25, 0.3) is 0 Å². The number of carbonyl (C=O) groups is 1. The SMILES string of the molecule is Cc1ccc(NC(=O)NCC2CCN(c3nc(Cc4ccccc4)ns3)CC2)cc1. The Balaban J connectivity index is 1.20. The van der Waals surface area contributed by atoms with Crippen molar-refractivity contribution in [1.82, 2.24) is 14.7 Å². The lowest BCUT2D eigenvalue weighted by Gasteiger charge is -2.31. The Bertz CT molecular complexity index is 949. The first-order chi connectivity index (χ1) is 14.7. The van der Waals surface area contributed by atoms with Crippen molar-refractivity contribution in [3.63, 3.8) is 0 Å². The molecule has 1 aliphatic rings. The van der Waals surface area contributed by atoms with E-state index in [2.05, 4.69) is 32.0 Å². The smallest absolute Gasteiger partial charge is 0.319 e. The van der Waals surface area contributed by atoms with Crippen LogP contribution in [0.2, 0.25) is 0 Å². The van der Waals surface area contributed by atoms with Crippen molar-refractivity contribution in [2.45, 2.75) is 26.2 Å². The number of hydrogen-bond acceptors (Lipinski definition) is 5. The lowest BCUT2D eigenvalue weighted by Crippen LogP contribution is -2.39. The molecule has 0 bridgehead atoms. The number of amides is 2. The lowest BCUT2D eigenvalue weighted by molar-refractivity contribution is 0.248. The molecule has 0 spiro atoms. The molecule has 0 radical (unpaired) electrons. The molecule has 0 atom stereocenters. The van der Waals surface area contributed by atoms with E-state index in [1.807, 2.05) is 49.4 Å². The topological polar surface area (TPSA) is 70.2 Å². The number of anilines is 2. The average molecular weight is 422 g/mol. The molecule has 156 valence electrons. The zero-order chi connectivity index (χ0) is 20.8. The van der Waals surface area contributed by atoms with Gasteiger partial charge in [0, 0.05) is 43.3 Å². The van der Waals surface area contributed by atoms with Crippen LogP contribution in [0.15, 0.2) is 54.6 Å². The fourth-order valence-electron chi connectivity index (χ4n) is 3.60. The monoisotopic (exact) mass is 421 g/mol. The number of aromatic nitrogens is 2. The fourth-order valence-corrected chi connectivity index (χ4v) is 4.34. The van der Waals surface area contributed by atoms with Gasteiger partial charge in [-0.3, -0.25) is 0 Å². The van der Waals surface area contributed by atoms with Crippen LogP contribution >= 0.6 is 11.5 Å². The van der Waals surface area contributed by atoms with Crippen LogP contribution in [0, 0.1) is 12.8 Å². The zero-order valence-electron chi connectivity index (χ0n) is 17.2. The highest BCUT2D eigenvalue weighted by molar-refractivity contribution is 7.09. The van der Waals surface area contributed by atoms with E-state index in [0.717, 1.165) is 49.0 Å². The lowest BCUT2D eigenvalue weighted by atomic mass is 9.97. The summed E-state index contributed by atoms with van der Waals surface area (Å²) in [5.74, 6) is 1.37. The standard InChI is InChI=1S/C23H27N5OS/c1-17-7-9-20(10-8-17)25-22(29)24-16-19-11-13-28(14-12-19)23-26-21(27-30-23)15-18-5-3-2-4-6-18/h2-10,19H,11-16H2,1H3,(H2,24,25,29). The van der Waals surface area contributed by atoms with Gasteiger partial charge in [0.2, 0.25) is 5.13 Å². The predicted molar refractivity (Wildman–Crippen MR) is 122 cm³/mol. The quantitative estimate of drug-likeness (QED) is 0.616. The molecule has 0 aliphatic carbocycles. The van der Waals surface area contributed by atoms with Crippen LogP contribution in [0.25, 0.3) is 0 Å². The first-order valence-corrected chi connectivity index (χ1v) is 11.2. The van der Waals surface area contributed by atoms with E-state index in [9.17, 15) is 4.79 Å². The molecule has 2 heterocycles. The molecule has 2 amide bonds. The van der Waals surface area contributed by atoms with Crippen LogP contribution in [-0.4, -0.2) is 35.0 Å². The summed E-state index contributed by atoms with van der Waals surface area (Å²) in [7, 11) is 0. The molecule has 2 N–H and O–H groups in total. The Hall–Kier alpha value is -2.93. The van der Waals surface area contributed by atoms with E-state index >= 15 is 0 Å². The number of aryl methyl sites for hydroxylation is 1. The van der Waals surface area contributed by atoms with Gasteiger partial charge in [0.15, 0.2) is 0 Å². The minimum atomic E-state index is -0.143. The number of benzene rings is 2. The van der Waals surface area contributed by atoms with Crippen LogP contribution in [0.5, 0.6) is 0 Å². The summed E-state index contributed by atoms with van der Waals surface area (Å²) in [6, 6.07) is 18.0. The second-order valence-electron chi connectivity index (χ2n) is 7.79. The highest BCUT2D eigenvalue weighted by atomic mass is 32.1. The van der Waals surface area contributed by atoms with Crippen molar-refractivity contribution in [1.29, 1.82) is 0 Å². The molecule has 1 aromatic heterocycles. The second-order valence-corrected chi connectivity index (χ2v) is 8.52. The van der Waals surface area contributed by atoms with Crippen molar-refractivity contribution in [2.24, 2.45) is 5.92 Å². The van der Waals surface area contributed by atoms with Crippen LogP contribution < -0.4 is 15.5 Å². The number of nitrogens with one attached hydrogen (secondary N) is 2. The number of hydrogen-bond donors (Lipinski definition) is 2. The van der Waals surface area contributed by atoms with Crippen molar-refractivity contribution in [3.8, 4) is 0 Å². The highest BCUT2D eigenvalue weighted by Crippen LogP contribution is 2.25. The molecule has 1 aliphatic heterocycles. The van der Waals surface area contributed by atoms with Crippen molar-refractivity contribution < 1.29 is 4.79 Å². The van der Waals surface area contributed by atoms with Crippen molar-refractivity contribution >= 4 is 28.4 Å². The van der Waals surface area contributed by atoms with Gasteiger partial charge in [-0.05, 0) is 43.4 Å². The molecule has 3 aromatic rings. The van der Waals surface area contributed by atoms with Gasteiger partial charge >= 0.3 is 6.03 Å². The molecule has 0 saturated carbocycles. The minimum Gasteiger partial charge on any atom is -0.347 e. The maximum absolute atomic E-state index is 12.1. The Morgan fingerprint density at radius 1 is 1.10 bits per heavy atom. The van der Waals surface area contributed by atoms with Gasteiger partial charge < -0.3 is 15.5 Å². The minimum absolute atomic E-state index is 0.143. The number of nitrogens with zero attached hydrogens (tertiary/aromatic N) is 3. The molecule has 1 fully saturated rings. The third kappa shape index (κ3) is 5.57. The van der Waals surface area contributed by atoms with Gasteiger partial charge in [0.1, 0.15) is 5.82 Å². The summed E-state index contributed by atoms with van der Waals surface area (Å²) in [5.41, 5.74) is 3.22. The summed E-state index contributed by atoms with van der Waals surface area (Å²) in [5, 5.41) is 6.90. The third-order valence-corrected chi connectivity index (χ3v) is 6.22. The van der Waals surface area contributed by atoms with Gasteiger partial charge in [-0.2, -0.15) is 4.37 Å². The first kappa shape index (κ1) is 20.3.